The van der Waals surface area contributed by atoms with E-state index in [1.807, 2.05) is 5.48 Å². The maximum atomic E-state index is 9.22. The Bertz CT molecular complexity index is 357. The van der Waals surface area contributed by atoms with Gasteiger partial charge in [0.25, 0.3) is 0 Å². The van der Waals surface area contributed by atoms with Crippen molar-refractivity contribution in [3.8, 4) is 17.6 Å². The highest BCUT2D eigenvalue weighted by molar-refractivity contribution is 5.50. The number of phenolic OH excluding ortho intramolecular Hbond substituents is 2. The van der Waals surface area contributed by atoms with Gasteiger partial charge in [0, 0.05) is 18.2 Å². The second kappa shape index (κ2) is 3.76. The van der Waals surface area contributed by atoms with Gasteiger partial charge in [-0.25, -0.2) is 5.48 Å². The summed E-state index contributed by atoms with van der Waals surface area (Å²) in [5, 5.41) is 35.2. The number of aromatic hydroxyl groups is 2. The molecule has 5 nitrogen and oxygen atoms in total. The molecular formula is C8H8N2O3. The molecule has 4 N–H and O–H groups in total. The molecule has 0 fully saturated rings. The summed E-state index contributed by atoms with van der Waals surface area (Å²) >= 11 is 0. The lowest BCUT2D eigenvalue weighted by molar-refractivity contribution is 0.160. The molecule has 1 rings (SSSR count). The number of hydrogen-bond acceptors (Lipinski definition) is 5. The van der Waals surface area contributed by atoms with Crippen molar-refractivity contribution >= 4 is 0 Å². The Morgan fingerprint density at radius 2 is 2.00 bits per heavy atom. The molecule has 0 atom stereocenters. The van der Waals surface area contributed by atoms with Gasteiger partial charge in [-0.1, -0.05) is 0 Å². The minimum absolute atomic E-state index is 0.0147. The molecular weight excluding hydrogens is 172 g/mol. The van der Waals surface area contributed by atoms with Crippen molar-refractivity contribution in [2.24, 2.45) is 0 Å². The van der Waals surface area contributed by atoms with E-state index in [0.29, 0.717) is 5.56 Å². The largest absolute Gasteiger partial charge is 0.507 e. The molecule has 0 heterocycles. The summed E-state index contributed by atoms with van der Waals surface area (Å²) < 4.78 is 0. The first-order valence-electron chi connectivity index (χ1n) is 3.51. The minimum atomic E-state index is -0.276. The van der Waals surface area contributed by atoms with E-state index in [4.69, 9.17) is 15.6 Å². The second-order valence-electron chi connectivity index (χ2n) is 2.44. The van der Waals surface area contributed by atoms with E-state index in [2.05, 4.69) is 0 Å². The SMILES string of the molecule is N#Cc1cc(CNO)c(O)cc1O. The predicted octanol–water partition coefficient (Wildman–Crippen LogP) is 0.448. The molecule has 0 aliphatic carbocycles. The number of hydrogen-bond donors (Lipinski definition) is 4. The first kappa shape index (κ1) is 9.32. The van der Waals surface area contributed by atoms with Gasteiger partial charge in [-0.05, 0) is 6.07 Å². The molecule has 0 aliphatic heterocycles. The van der Waals surface area contributed by atoms with Crippen LogP contribution in [0.3, 0.4) is 0 Å². The van der Waals surface area contributed by atoms with Gasteiger partial charge < -0.3 is 15.4 Å². The van der Waals surface area contributed by atoms with Gasteiger partial charge >= 0.3 is 0 Å². The number of nitrogens with one attached hydrogen (secondary N) is 1. The monoisotopic (exact) mass is 180 g/mol. The van der Waals surface area contributed by atoms with Crippen LogP contribution in [0.1, 0.15) is 11.1 Å². The lowest BCUT2D eigenvalue weighted by Crippen LogP contribution is -2.06. The number of nitrogens with zero attached hydrogens (tertiary/aromatic N) is 1. The van der Waals surface area contributed by atoms with E-state index in [-0.39, 0.29) is 23.6 Å². The highest BCUT2D eigenvalue weighted by atomic mass is 16.5. The Hall–Kier alpha value is -1.77. The summed E-state index contributed by atoms with van der Waals surface area (Å²) in [4.78, 5) is 0. The average Bonchev–Trinajstić information content (AvgIpc) is 2.10. The quantitative estimate of drug-likeness (QED) is 0.495. The lowest BCUT2D eigenvalue weighted by Gasteiger charge is -2.04. The second-order valence-corrected chi connectivity index (χ2v) is 2.44. The fourth-order valence-corrected chi connectivity index (χ4v) is 0.938. The molecule has 0 saturated heterocycles. The van der Waals surface area contributed by atoms with E-state index in [1.165, 1.54) is 6.07 Å². The summed E-state index contributed by atoms with van der Waals surface area (Å²) in [6.45, 7) is 0.0147. The first-order chi connectivity index (χ1) is 6.19. The zero-order valence-electron chi connectivity index (χ0n) is 6.65. The molecule has 5 heteroatoms. The average molecular weight is 180 g/mol. The van der Waals surface area contributed by atoms with Gasteiger partial charge in [0.2, 0.25) is 0 Å². The van der Waals surface area contributed by atoms with E-state index < -0.39 is 0 Å². The first-order valence-corrected chi connectivity index (χ1v) is 3.51. The molecule has 13 heavy (non-hydrogen) atoms. The number of benzene rings is 1. The Labute approximate surface area is 74.4 Å². The fourth-order valence-electron chi connectivity index (χ4n) is 0.938. The highest BCUT2D eigenvalue weighted by Crippen LogP contribution is 2.26. The number of hydroxylamine groups is 1. The van der Waals surface area contributed by atoms with Crippen LogP contribution in [0.4, 0.5) is 0 Å². The number of phenols is 2. The molecule has 0 aromatic heterocycles. The van der Waals surface area contributed by atoms with Crippen molar-refractivity contribution in [3.63, 3.8) is 0 Å². The molecule has 68 valence electrons. The van der Waals surface area contributed by atoms with Gasteiger partial charge in [-0.2, -0.15) is 5.26 Å². The third-order valence-corrected chi connectivity index (χ3v) is 1.59. The van der Waals surface area contributed by atoms with Crippen LogP contribution in [0.15, 0.2) is 12.1 Å². The lowest BCUT2D eigenvalue weighted by atomic mass is 10.1. The van der Waals surface area contributed by atoms with Gasteiger partial charge in [0.05, 0.1) is 5.56 Å². The summed E-state index contributed by atoms with van der Waals surface area (Å²) in [5.74, 6) is -0.445. The van der Waals surface area contributed by atoms with Crippen molar-refractivity contribution in [2.75, 3.05) is 0 Å². The Morgan fingerprint density at radius 3 is 2.54 bits per heavy atom. The van der Waals surface area contributed by atoms with Crippen molar-refractivity contribution < 1.29 is 15.4 Å². The fraction of sp³-hybridized carbons (Fsp3) is 0.125. The molecule has 0 unspecified atom stereocenters. The van der Waals surface area contributed by atoms with Crippen LogP contribution < -0.4 is 5.48 Å². The van der Waals surface area contributed by atoms with E-state index in [0.717, 1.165) is 6.07 Å². The van der Waals surface area contributed by atoms with E-state index >= 15 is 0 Å². The molecule has 0 radical (unpaired) electrons. The van der Waals surface area contributed by atoms with Crippen LogP contribution >= 0.6 is 0 Å². The summed E-state index contributed by atoms with van der Waals surface area (Å²) in [7, 11) is 0. The van der Waals surface area contributed by atoms with E-state index in [1.54, 1.807) is 6.07 Å². The van der Waals surface area contributed by atoms with Crippen molar-refractivity contribution in [1.82, 2.24) is 5.48 Å². The van der Waals surface area contributed by atoms with Crippen LogP contribution in [0.2, 0.25) is 0 Å². The third kappa shape index (κ3) is 1.87. The highest BCUT2D eigenvalue weighted by Gasteiger charge is 2.07. The molecule has 0 saturated carbocycles. The number of rotatable bonds is 2. The van der Waals surface area contributed by atoms with Crippen LogP contribution in [-0.4, -0.2) is 15.4 Å². The summed E-state index contributed by atoms with van der Waals surface area (Å²) in [6.07, 6.45) is 0. The van der Waals surface area contributed by atoms with Gasteiger partial charge in [-0.3, -0.25) is 0 Å². The normalized spacial score (nSPS) is 9.54. The summed E-state index contributed by atoms with van der Waals surface area (Å²) in [6, 6.07) is 4.11. The van der Waals surface area contributed by atoms with Crippen LogP contribution in [0.25, 0.3) is 0 Å². The van der Waals surface area contributed by atoms with E-state index in [9.17, 15) is 5.11 Å². The van der Waals surface area contributed by atoms with Gasteiger partial charge in [-0.15, -0.1) is 0 Å². The van der Waals surface area contributed by atoms with Gasteiger partial charge in [0.15, 0.2) is 0 Å². The number of nitriles is 1. The van der Waals surface area contributed by atoms with Crippen LogP contribution in [0.5, 0.6) is 11.5 Å². The van der Waals surface area contributed by atoms with Crippen molar-refractivity contribution in [1.29, 1.82) is 5.26 Å². The zero-order chi connectivity index (χ0) is 9.84. The van der Waals surface area contributed by atoms with Gasteiger partial charge in [0.1, 0.15) is 17.6 Å². The van der Waals surface area contributed by atoms with Crippen LogP contribution in [-0.2, 0) is 6.54 Å². The molecule has 0 spiro atoms. The maximum absolute atomic E-state index is 9.22. The predicted molar refractivity (Wildman–Crippen MR) is 43.1 cm³/mol. The zero-order valence-corrected chi connectivity index (χ0v) is 6.65. The molecule has 1 aromatic rings. The van der Waals surface area contributed by atoms with Crippen LogP contribution in [0, 0.1) is 11.3 Å². The Morgan fingerprint density at radius 1 is 1.31 bits per heavy atom. The minimum Gasteiger partial charge on any atom is -0.507 e. The Balaban J connectivity index is 3.16. The molecule has 1 aromatic carbocycles. The molecule has 0 amide bonds. The smallest absolute Gasteiger partial charge is 0.137 e. The topological polar surface area (TPSA) is 96.5 Å². The molecule has 0 bridgehead atoms. The Kier molecular flexibility index (Phi) is 2.69. The summed E-state index contributed by atoms with van der Waals surface area (Å²) in [5.41, 5.74) is 2.25. The third-order valence-electron chi connectivity index (χ3n) is 1.59. The van der Waals surface area contributed by atoms with Crippen molar-refractivity contribution in [2.45, 2.75) is 6.54 Å². The molecule has 0 aliphatic rings. The van der Waals surface area contributed by atoms with Crippen molar-refractivity contribution in [3.05, 3.63) is 23.3 Å². The standard InChI is InChI=1S/C8H8N2O3/c9-3-5-1-6(4-10-13)8(12)2-7(5)11/h1-2,10-13H,4H2. The maximum Gasteiger partial charge on any atom is 0.137 e.